The van der Waals surface area contributed by atoms with Crippen LogP contribution in [0.3, 0.4) is 0 Å². The number of aliphatic hydroxyl groups excluding tert-OH is 1. The van der Waals surface area contributed by atoms with E-state index < -0.39 is 51.8 Å². The largest absolute Gasteiger partial charge is 0.493 e. The number of halogens is 6. The molecule has 3 fully saturated rings. The van der Waals surface area contributed by atoms with E-state index in [1.165, 1.54) is 6.07 Å². The number of benzene rings is 1. The molecular formula is C16H14F6O2S. The lowest BCUT2D eigenvalue weighted by molar-refractivity contribution is -0.226. The molecular weight excluding hydrogens is 370 g/mol. The SMILES string of the molecule is OC1c2c(SC(F)(F)F)ccc(OCC34CC(F)(C3)C4)c2CC1(F)F. The fraction of sp³-hybridized carbons (Fsp3) is 0.625. The number of thioether (sulfide) groups is 1. The Morgan fingerprint density at radius 3 is 2.36 bits per heavy atom. The second kappa shape index (κ2) is 5.00. The number of alkyl halides is 6. The molecule has 1 aromatic carbocycles. The van der Waals surface area contributed by atoms with Crippen molar-refractivity contribution in [2.24, 2.45) is 5.41 Å². The van der Waals surface area contributed by atoms with Crippen molar-refractivity contribution in [2.75, 3.05) is 6.61 Å². The first-order chi connectivity index (χ1) is 11.4. The summed E-state index contributed by atoms with van der Waals surface area (Å²) in [6.45, 7) is 0.137. The van der Waals surface area contributed by atoms with Crippen LogP contribution in [-0.2, 0) is 6.42 Å². The van der Waals surface area contributed by atoms with Crippen LogP contribution in [0, 0.1) is 5.41 Å². The van der Waals surface area contributed by atoms with E-state index in [0.717, 1.165) is 6.07 Å². The van der Waals surface area contributed by atoms with Crippen molar-refractivity contribution in [1.29, 1.82) is 0 Å². The molecule has 2 bridgehead atoms. The molecule has 0 heterocycles. The van der Waals surface area contributed by atoms with Crippen molar-refractivity contribution >= 4 is 11.8 Å². The zero-order valence-corrected chi connectivity index (χ0v) is 13.6. The molecule has 1 N–H and O–H groups in total. The van der Waals surface area contributed by atoms with Crippen molar-refractivity contribution in [3.63, 3.8) is 0 Å². The van der Waals surface area contributed by atoms with Gasteiger partial charge in [-0.05, 0) is 43.2 Å². The molecule has 0 aliphatic heterocycles. The van der Waals surface area contributed by atoms with Crippen LogP contribution in [-0.4, -0.2) is 28.8 Å². The van der Waals surface area contributed by atoms with Crippen molar-refractivity contribution in [3.8, 4) is 5.75 Å². The quantitative estimate of drug-likeness (QED) is 0.598. The van der Waals surface area contributed by atoms with E-state index >= 15 is 0 Å². The van der Waals surface area contributed by atoms with E-state index in [2.05, 4.69) is 0 Å². The van der Waals surface area contributed by atoms with Gasteiger partial charge in [0.1, 0.15) is 17.5 Å². The van der Waals surface area contributed by atoms with Crippen LogP contribution in [0.25, 0.3) is 0 Å². The fourth-order valence-electron chi connectivity index (χ4n) is 4.24. The molecule has 5 rings (SSSR count). The van der Waals surface area contributed by atoms with E-state index in [-0.39, 0.29) is 23.3 Å². The first-order valence-electron chi connectivity index (χ1n) is 7.71. The van der Waals surface area contributed by atoms with E-state index in [4.69, 9.17) is 4.74 Å². The third kappa shape index (κ3) is 2.79. The maximum Gasteiger partial charge on any atom is 0.446 e. The van der Waals surface area contributed by atoms with Gasteiger partial charge in [0, 0.05) is 27.9 Å². The number of hydrogen-bond acceptors (Lipinski definition) is 3. The second-order valence-electron chi connectivity index (χ2n) is 7.31. The first-order valence-corrected chi connectivity index (χ1v) is 8.53. The van der Waals surface area contributed by atoms with Gasteiger partial charge in [-0.2, -0.15) is 13.2 Å². The van der Waals surface area contributed by atoms with E-state index in [9.17, 15) is 31.4 Å². The third-order valence-corrected chi connectivity index (χ3v) is 6.00. The summed E-state index contributed by atoms with van der Waals surface area (Å²) in [7, 11) is 0. The molecule has 0 amide bonds. The number of ether oxygens (including phenoxy) is 1. The summed E-state index contributed by atoms with van der Waals surface area (Å²) in [5, 5.41) is 9.80. The normalized spacial score (nSPS) is 34.9. The minimum Gasteiger partial charge on any atom is -0.493 e. The third-order valence-electron chi connectivity index (χ3n) is 5.20. The van der Waals surface area contributed by atoms with Gasteiger partial charge < -0.3 is 9.84 Å². The fourth-order valence-corrected chi connectivity index (χ4v) is 4.97. The molecule has 4 aliphatic rings. The maximum atomic E-state index is 13.9. The van der Waals surface area contributed by atoms with Gasteiger partial charge in [0.25, 0.3) is 5.92 Å². The molecule has 0 saturated heterocycles. The predicted molar refractivity (Wildman–Crippen MR) is 77.6 cm³/mol. The summed E-state index contributed by atoms with van der Waals surface area (Å²) < 4.78 is 84.8. The number of hydrogen-bond donors (Lipinski definition) is 1. The van der Waals surface area contributed by atoms with Crippen LogP contribution in [0.15, 0.2) is 17.0 Å². The topological polar surface area (TPSA) is 29.5 Å². The van der Waals surface area contributed by atoms with Crippen molar-refractivity contribution < 1.29 is 36.2 Å². The highest BCUT2D eigenvalue weighted by Crippen LogP contribution is 2.69. The molecule has 1 atom stereocenters. The summed E-state index contributed by atoms with van der Waals surface area (Å²) in [5.74, 6) is -3.52. The summed E-state index contributed by atoms with van der Waals surface area (Å²) in [6.07, 6.45) is -2.10. The molecule has 1 unspecified atom stereocenters. The highest BCUT2D eigenvalue weighted by molar-refractivity contribution is 8.00. The first kappa shape index (κ1) is 17.3. The van der Waals surface area contributed by atoms with Gasteiger partial charge in [-0.1, -0.05) is 0 Å². The van der Waals surface area contributed by atoms with Crippen LogP contribution in [0.1, 0.15) is 36.5 Å². The average molecular weight is 384 g/mol. The number of fused-ring (bicyclic) bond motifs is 1. The molecule has 2 nitrogen and oxygen atoms in total. The average Bonchev–Trinajstić information content (AvgIpc) is 2.64. The summed E-state index contributed by atoms with van der Waals surface area (Å²) >= 11 is -0.533. The number of rotatable bonds is 4. The van der Waals surface area contributed by atoms with Gasteiger partial charge in [0.15, 0.2) is 0 Å². The molecule has 0 aromatic heterocycles. The lowest BCUT2D eigenvalue weighted by Gasteiger charge is -2.65. The molecule has 0 radical (unpaired) electrons. The Balaban J connectivity index is 1.61. The Labute approximate surface area is 143 Å². The summed E-state index contributed by atoms with van der Waals surface area (Å²) in [4.78, 5) is -0.451. The Bertz CT molecular complexity index is 712. The van der Waals surface area contributed by atoms with Crippen LogP contribution in [0.4, 0.5) is 26.3 Å². The van der Waals surface area contributed by atoms with Gasteiger partial charge in [-0.3, -0.25) is 0 Å². The van der Waals surface area contributed by atoms with E-state index in [1.807, 2.05) is 0 Å². The van der Waals surface area contributed by atoms with Gasteiger partial charge in [-0.25, -0.2) is 13.2 Å². The molecule has 138 valence electrons. The lowest BCUT2D eigenvalue weighted by atomic mass is 9.43. The minimum atomic E-state index is -4.66. The zero-order chi connectivity index (χ0) is 18.3. The summed E-state index contributed by atoms with van der Waals surface area (Å²) in [6, 6.07) is 2.26. The van der Waals surface area contributed by atoms with Crippen LogP contribution < -0.4 is 4.74 Å². The highest BCUT2D eigenvalue weighted by atomic mass is 32.2. The second-order valence-corrected chi connectivity index (χ2v) is 8.42. The molecule has 9 heteroatoms. The monoisotopic (exact) mass is 384 g/mol. The molecule has 25 heavy (non-hydrogen) atoms. The smallest absolute Gasteiger partial charge is 0.446 e. The highest BCUT2D eigenvalue weighted by Gasteiger charge is 2.69. The Morgan fingerprint density at radius 2 is 1.80 bits per heavy atom. The standard InChI is InChI=1S/C16H14F6O2S/c17-14-4-13(5-14,6-14)7-24-9-1-2-10(25-16(20,21)22)11-8(9)3-15(18,19)12(11)23/h1-2,12,23H,3-7H2. The predicted octanol–water partition coefficient (Wildman–Crippen LogP) is 4.79. The van der Waals surface area contributed by atoms with Crippen molar-refractivity contribution in [3.05, 3.63) is 23.3 Å². The molecule has 3 saturated carbocycles. The number of aliphatic hydroxyl groups is 1. The van der Waals surface area contributed by atoms with E-state index in [0.29, 0.717) is 19.3 Å². The zero-order valence-electron chi connectivity index (χ0n) is 12.8. The van der Waals surface area contributed by atoms with Gasteiger partial charge in [0.05, 0.1) is 6.61 Å². The van der Waals surface area contributed by atoms with Gasteiger partial charge >= 0.3 is 5.51 Å². The van der Waals surface area contributed by atoms with Crippen LogP contribution in [0.5, 0.6) is 5.75 Å². The van der Waals surface area contributed by atoms with Crippen LogP contribution in [0.2, 0.25) is 0 Å². The van der Waals surface area contributed by atoms with Gasteiger partial charge in [-0.15, -0.1) is 0 Å². The molecule has 4 aliphatic carbocycles. The molecule has 1 aromatic rings. The molecule has 0 spiro atoms. The maximum absolute atomic E-state index is 13.9. The van der Waals surface area contributed by atoms with Crippen molar-refractivity contribution in [2.45, 2.75) is 53.8 Å². The van der Waals surface area contributed by atoms with Crippen molar-refractivity contribution in [1.82, 2.24) is 0 Å². The Morgan fingerprint density at radius 1 is 1.16 bits per heavy atom. The Kier molecular flexibility index (Phi) is 3.46. The van der Waals surface area contributed by atoms with Crippen LogP contribution >= 0.6 is 11.8 Å². The van der Waals surface area contributed by atoms with Gasteiger partial charge in [0.2, 0.25) is 0 Å². The Hall–Kier alpha value is -1.09. The summed E-state index contributed by atoms with van der Waals surface area (Å²) in [5.41, 5.74) is -6.60. The van der Waals surface area contributed by atoms with E-state index in [1.54, 1.807) is 0 Å². The minimum absolute atomic E-state index is 0.0374. The lowest BCUT2D eigenvalue weighted by Crippen LogP contribution is -2.66.